The molecule has 4 aromatic rings. The number of methoxy groups -OCH3 is 1. The molecule has 0 aliphatic carbocycles. The number of halogens is 1. The lowest BCUT2D eigenvalue weighted by molar-refractivity contribution is -0.122. The number of carbonyl (C=O) groups excluding carboxylic acids is 1. The molecule has 0 spiro atoms. The van der Waals surface area contributed by atoms with Crippen LogP contribution in [0.25, 0.3) is 21.7 Å². The van der Waals surface area contributed by atoms with Gasteiger partial charge in [-0.15, -0.1) is 0 Å². The number of nitrogens with zero attached hydrogens (tertiary/aromatic N) is 3. The molecule has 2 N–H and O–H groups in total. The van der Waals surface area contributed by atoms with E-state index in [0.29, 0.717) is 29.5 Å². The average Bonchev–Trinajstić information content (AvgIpc) is 3.51. The van der Waals surface area contributed by atoms with Gasteiger partial charge in [0.2, 0.25) is 5.91 Å². The first kappa shape index (κ1) is 22.0. The molecule has 1 amide bonds. The van der Waals surface area contributed by atoms with E-state index in [2.05, 4.69) is 20.3 Å². The van der Waals surface area contributed by atoms with E-state index >= 15 is 0 Å². The Morgan fingerprint density at radius 2 is 2.06 bits per heavy atom. The molecule has 2 aromatic heterocycles. The minimum absolute atomic E-state index is 0.0617. The maximum atomic E-state index is 14.7. The fourth-order valence-corrected chi connectivity index (χ4v) is 5.11. The number of fused-ring (bicyclic) bond motifs is 1. The lowest BCUT2D eigenvalue weighted by Gasteiger charge is -2.23. The number of amides is 1. The van der Waals surface area contributed by atoms with Gasteiger partial charge in [0, 0.05) is 13.1 Å². The third kappa shape index (κ3) is 4.12. The second-order valence-corrected chi connectivity index (χ2v) is 8.90. The number of hydrogen-bond donors (Lipinski definition) is 2. The first-order valence-corrected chi connectivity index (χ1v) is 11.7. The van der Waals surface area contributed by atoms with Crippen LogP contribution in [0.4, 0.5) is 9.52 Å². The largest absolute Gasteiger partial charge is 0.494 e. The molecular weight excluding hydrogens is 457 g/mol. The molecule has 1 unspecified atom stereocenters. The summed E-state index contributed by atoms with van der Waals surface area (Å²) in [7, 11) is 1.37. The van der Waals surface area contributed by atoms with Crippen molar-refractivity contribution in [2.45, 2.75) is 25.4 Å². The molecule has 174 valence electrons. The molecule has 1 saturated heterocycles. The van der Waals surface area contributed by atoms with Gasteiger partial charge in [0.25, 0.3) is 5.56 Å². The highest BCUT2D eigenvalue weighted by molar-refractivity contribution is 7.21. The number of anilines is 1. The summed E-state index contributed by atoms with van der Waals surface area (Å²) in [4.78, 5) is 39.5. The standard InChI is InChI=1S/C24H22FN5O3S/c1-33-17-11-5-9-15(18(17)25)20-28-22(32)19-23(29-20)34-24(27-19)30-12-6-10-16(30)21(31)26-13-14-7-3-2-4-8-14/h2-5,7-9,11,16H,6,10,12-13H2,1H3,(H,26,31)(H,28,29,32). The summed E-state index contributed by atoms with van der Waals surface area (Å²) in [6.45, 7) is 1.10. The normalized spacial score (nSPS) is 15.6. The quantitative estimate of drug-likeness (QED) is 0.439. The van der Waals surface area contributed by atoms with Crippen molar-refractivity contribution < 1.29 is 13.9 Å². The number of ether oxygens (including phenoxy) is 1. The monoisotopic (exact) mass is 479 g/mol. The van der Waals surface area contributed by atoms with Gasteiger partial charge in [-0.2, -0.15) is 0 Å². The fraction of sp³-hybridized carbons (Fsp3) is 0.250. The summed E-state index contributed by atoms with van der Waals surface area (Å²) in [5.41, 5.74) is 0.859. The molecule has 1 fully saturated rings. The van der Waals surface area contributed by atoms with Gasteiger partial charge in [-0.05, 0) is 30.5 Å². The number of nitrogens with one attached hydrogen (secondary N) is 2. The summed E-state index contributed by atoms with van der Waals surface area (Å²) in [5.74, 6) is -0.525. The van der Waals surface area contributed by atoms with Gasteiger partial charge in [0.05, 0.1) is 12.7 Å². The van der Waals surface area contributed by atoms with Gasteiger partial charge in [-0.1, -0.05) is 47.7 Å². The number of rotatable bonds is 6. The number of aromatic nitrogens is 3. The number of thiazole rings is 1. The summed E-state index contributed by atoms with van der Waals surface area (Å²) in [6.07, 6.45) is 1.53. The van der Waals surface area contributed by atoms with E-state index in [4.69, 9.17) is 4.74 Å². The number of H-pyrrole nitrogens is 1. The molecule has 2 aromatic carbocycles. The number of aromatic amines is 1. The molecule has 10 heteroatoms. The Kier molecular flexibility index (Phi) is 5.97. The molecular formula is C24H22FN5O3S. The molecule has 0 bridgehead atoms. The van der Waals surface area contributed by atoms with Crippen LogP contribution < -0.4 is 20.5 Å². The second kappa shape index (κ2) is 9.22. The number of hydrogen-bond acceptors (Lipinski definition) is 7. The highest BCUT2D eigenvalue weighted by Gasteiger charge is 2.33. The average molecular weight is 480 g/mol. The van der Waals surface area contributed by atoms with E-state index in [1.54, 1.807) is 6.07 Å². The van der Waals surface area contributed by atoms with Gasteiger partial charge >= 0.3 is 0 Å². The predicted molar refractivity (Wildman–Crippen MR) is 129 cm³/mol. The Balaban J connectivity index is 1.42. The summed E-state index contributed by atoms with van der Waals surface area (Å²) >= 11 is 1.22. The first-order valence-electron chi connectivity index (χ1n) is 10.9. The third-order valence-electron chi connectivity index (χ3n) is 5.81. The van der Waals surface area contributed by atoms with Gasteiger partial charge in [-0.3, -0.25) is 9.59 Å². The molecule has 0 radical (unpaired) electrons. The van der Waals surface area contributed by atoms with Crippen LogP contribution in [-0.4, -0.2) is 40.6 Å². The van der Waals surface area contributed by atoms with Crippen molar-refractivity contribution in [2.24, 2.45) is 0 Å². The number of carbonyl (C=O) groups is 1. The SMILES string of the molecule is COc1cccc(-c2nc3sc(N4CCCC4C(=O)NCc4ccccc4)nc3c(=O)[nH]2)c1F. The molecule has 1 aliphatic heterocycles. The molecule has 1 aliphatic rings. The molecule has 3 heterocycles. The minimum Gasteiger partial charge on any atom is -0.494 e. The van der Waals surface area contributed by atoms with Crippen LogP contribution in [-0.2, 0) is 11.3 Å². The Bertz CT molecular complexity index is 1410. The summed E-state index contributed by atoms with van der Waals surface area (Å²) in [5, 5.41) is 3.54. The molecule has 34 heavy (non-hydrogen) atoms. The Morgan fingerprint density at radius 1 is 1.24 bits per heavy atom. The zero-order chi connectivity index (χ0) is 23.7. The van der Waals surface area contributed by atoms with Crippen molar-refractivity contribution in [3.05, 3.63) is 70.3 Å². The lowest BCUT2D eigenvalue weighted by Crippen LogP contribution is -2.43. The van der Waals surface area contributed by atoms with Crippen LogP contribution in [0.3, 0.4) is 0 Å². The topological polar surface area (TPSA) is 100 Å². The zero-order valence-electron chi connectivity index (χ0n) is 18.4. The van der Waals surface area contributed by atoms with Crippen molar-refractivity contribution in [2.75, 3.05) is 18.6 Å². The predicted octanol–water partition coefficient (Wildman–Crippen LogP) is 3.48. The van der Waals surface area contributed by atoms with Crippen molar-refractivity contribution in [3.63, 3.8) is 0 Å². The molecule has 8 nitrogen and oxygen atoms in total. The van der Waals surface area contributed by atoms with E-state index in [1.165, 1.54) is 30.6 Å². The summed E-state index contributed by atoms with van der Waals surface area (Å²) < 4.78 is 19.8. The van der Waals surface area contributed by atoms with Crippen molar-refractivity contribution >= 4 is 32.7 Å². The zero-order valence-corrected chi connectivity index (χ0v) is 19.2. The van der Waals surface area contributed by atoms with E-state index in [1.807, 2.05) is 35.2 Å². The highest BCUT2D eigenvalue weighted by atomic mass is 32.1. The Labute approximate surface area is 198 Å². The maximum absolute atomic E-state index is 14.7. The Hall–Kier alpha value is -3.79. The van der Waals surface area contributed by atoms with Gasteiger partial charge < -0.3 is 19.9 Å². The van der Waals surface area contributed by atoms with Crippen LogP contribution in [0.15, 0.2) is 53.3 Å². The third-order valence-corrected chi connectivity index (χ3v) is 6.79. The van der Waals surface area contributed by atoms with Gasteiger partial charge in [-0.25, -0.2) is 14.4 Å². The van der Waals surface area contributed by atoms with Gasteiger partial charge in [0.15, 0.2) is 27.0 Å². The fourth-order valence-electron chi connectivity index (χ4n) is 4.09. The molecule has 0 saturated carbocycles. The minimum atomic E-state index is -0.605. The summed E-state index contributed by atoms with van der Waals surface area (Å²) in [6, 6.07) is 14.0. The van der Waals surface area contributed by atoms with E-state index in [-0.39, 0.29) is 34.6 Å². The molecule has 1 atom stereocenters. The second-order valence-electron chi connectivity index (χ2n) is 7.94. The maximum Gasteiger partial charge on any atom is 0.278 e. The van der Waals surface area contributed by atoms with E-state index < -0.39 is 11.4 Å². The Morgan fingerprint density at radius 3 is 2.85 bits per heavy atom. The smallest absolute Gasteiger partial charge is 0.278 e. The van der Waals surface area contributed by atoms with Crippen LogP contribution in [0.1, 0.15) is 18.4 Å². The van der Waals surface area contributed by atoms with Crippen LogP contribution >= 0.6 is 11.3 Å². The number of benzene rings is 2. The van der Waals surface area contributed by atoms with Crippen molar-refractivity contribution in [1.82, 2.24) is 20.3 Å². The first-order chi connectivity index (χ1) is 16.5. The van der Waals surface area contributed by atoms with Crippen LogP contribution in [0.5, 0.6) is 5.75 Å². The highest BCUT2D eigenvalue weighted by Crippen LogP contribution is 2.33. The van der Waals surface area contributed by atoms with Gasteiger partial charge in [0.1, 0.15) is 11.9 Å². The molecule has 5 rings (SSSR count). The van der Waals surface area contributed by atoms with Crippen molar-refractivity contribution in [3.8, 4) is 17.1 Å². The van der Waals surface area contributed by atoms with Crippen molar-refractivity contribution in [1.29, 1.82) is 0 Å². The van der Waals surface area contributed by atoms with E-state index in [9.17, 15) is 14.0 Å². The van der Waals surface area contributed by atoms with Crippen LogP contribution in [0, 0.1) is 5.82 Å². The van der Waals surface area contributed by atoms with E-state index in [0.717, 1.165) is 12.0 Å². The lowest BCUT2D eigenvalue weighted by atomic mass is 10.2. The van der Waals surface area contributed by atoms with Crippen LogP contribution in [0.2, 0.25) is 0 Å².